The highest BCUT2D eigenvalue weighted by Crippen LogP contribution is 2.28. The predicted octanol–water partition coefficient (Wildman–Crippen LogP) is 4.31. The normalized spacial score (nSPS) is 18.5. The second-order valence-electron chi connectivity index (χ2n) is 5.45. The van der Waals surface area contributed by atoms with Gasteiger partial charge in [-0.15, -0.1) is 0 Å². The number of ether oxygens (including phenoxy) is 1. The van der Waals surface area contributed by atoms with Gasteiger partial charge >= 0.3 is 0 Å². The van der Waals surface area contributed by atoms with E-state index in [2.05, 4.69) is 25.8 Å². The molecule has 4 rings (SSSR count). The van der Waals surface area contributed by atoms with E-state index in [1.54, 1.807) is 12.3 Å². The predicted molar refractivity (Wildman–Crippen MR) is 89.0 cm³/mol. The van der Waals surface area contributed by atoms with Gasteiger partial charge in [0.05, 0.1) is 29.4 Å². The van der Waals surface area contributed by atoms with Gasteiger partial charge in [0.15, 0.2) is 0 Å². The van der Waals surface area contributed by atoms with Crippen LogP contribution < -0.4 is 4.90 Å². The van der Waals surface area contributed by atoms with Gasteiger partial charge in [0.1, 0.15) is 23.5 Å². The van der Waals surface area contributed by atoms with Gasteiger partial charge in [0.2, 0.25) is 0 Å². The summed E-state index contributed by atoms with van der Waals surface area (Å²) in [6.45, 7) is 2.00. The van der Waals surface area contributed by atoms with Crippen molar-refractivity contribution >= 4 is 32.7 Å². The molecule has 0 N–H and O–H groups in total. The number of anilines is 1. The minimum atomic E-state index is -0.308. The number of rotatable bonds is 2. The molecule has 1 aliphatic rings. The maximum atomic E-state index is 13.7. The summed E-state index contributed by atoms with van der Waals surface area (Å²) in [4.78, 5) is 6.73. The number of fused-ring (bicyclic) bond motifs is 1. The quantitative estimate of drug-likeness (QED) is 0.667. The zero-order valence-electron chi connectivity index (χ0n) is 12.2. The Morgan fingerprint density at radius 3 is 3.00 bits per heavy atom. The fourth-order valence-electron chi connectivity index (χ4n) is 2.79. The van der Waals surface area contributed by atoms with Gasteiger partial charge in [0.25, 0.3) is 0 Å². The molecule has 1 aromatic carbocycles. The minimum Gasteiger partial charge on any atom is -0.467 e. The fraction of sp³-hybridized carbons (Fsp3) is 0.235. The number of furan rings is 1. The summed E-state index contributed by atoms with van der Waals surface area (Å²) in [5.74, 6) is 1.32. The maximum Gasteiger partial charge on any atom is 0.139 e. The third-order valence-corrected chi connectivity index (χ3v) is 4.58. The molecule has 1 fully saturated rings. The van der Waals surface area contributed by atoms with Gasteiger partial charge in [0, 0.05) is 18.0 Å². The SMILES string of the molecule is Fc1cc2nc(N3CCOC(c4ccco4)C3)ccc2cc1Br. The van der Waals surface area contributed by atoms with E-state index < -0.39 is 0 Å². The highest BCUT2D eigenvalue weighted by molar-refractivity contribution is 9.10. The Kier molecular flexibility index (Phi) is 3.79. The van der Waals surface area contributed by atoms with Crippen LogP contribution in [0.3, 0.4) is 0 Å². The molecule has 1 aliphatic heterocycles. The molecule has 2 aromatic heterocycles. The van der Waals surface area contributed by atoms with E-state index >= 15 is 0 Å². The van der Waals surface area contributed by atoms with Crippen LogP contribution in [0.5, 0.6) is 0 Å². The molecule has 0 radical (unpaired) electrons. The highest BCUT2D eigenvalue weighted by Gasteiger charge is 2.25. The van der Waals surface area contributed by atoms with Crippen molar-refractivity contribution in [2.24, 2.45) is 0 Å². The summed E-state index contributed by atoms with van der Waals surface area (Å²) in [5.41, 5.74) is 0.643. The van der Waals surface area contributed by atoms with Crippen molar-refractivity contribution in [3.63, 3.8) is 0 Å². The van der Waals surface area contributed by atoms with Crippen LogP contribution in [0.2, 0.25) is 0 Å². The third-order valence-electron chi connectivity index (χ3n) is 3.97. The van der Waals surface area contributed by atoms with Crippen LogP contribution in [-0.4, -0.2) is 24.7 Å². The molecule has 1 saturated heterocycles. The zero-order chi connectivity index (χ0) is 15.8. The Morgan fingerprint density at radius 1 is 1.26 bits per heavy atom. The molecular formula is C17H14BrFN2O2. The van der Waals surface area contributed by atoms with Crippen molar-refractivity contribution in [3.8, 4) is 0 Å². The van der Waals surface area contributed by atoms with Gasteiger partial charge in [-0.2, -0.15) is 0 Å². The van der Waals surface area contributed by atoms with E-state index in [0.717, 1.165) is 23.5 Å². The Bertz CT molecular complexity index is 838. The Labute approximate surface area is 141 Å². The number of hydrogen-bond acceptors (Lipinski definition) is 4. The van der Waals surface area contributed by atoms with Gasteiger partial charge in [-0.25, -0.2) is 9.37 Å². The van der Waals surface area contributed by atoms with E-state index in [1.165, 1.54) is 6.07 Å². The molecular weight excluding hydrogens is 363 g/mol. The summed E-state index contributed by atoms with van der Waals surface area (Å²) in [7, 11) is 0. The number of hydrogen-bond donors (Lipinski definition) is 0. The molecule has 1 atom stereocenters. The third kappa shape index (κ3) is 2.84. The first-order chi connectivity index (χ1) is 11.2. The molecule has 0 bridgehead atoms. The first kappa shape index (κ1) is 14.7. The largest absolute Gasteiger partial charge is 0.467 e. The van der Waals surface area contributed by atoms with E-state index in [-0.39, 0.29) is 11.9 Å². The molecule has 6 heteroatoms. The molecule has 23 heavy (non-hydrogen) atoms. The lowest BCUT2D eigenvalue weighted by Crippen LogP contribution is -2.38. The molecule has 118 valence electrons. The monoisotopic (exact) mass is 376 g/mol. The summed E-state index contributed by atoms with van der Waals surface area (Å²) in [6.07, 6.45) is 1.53. The van der Waals surface area contributed by atoms with Crippen molar-refractivity contribution in [1.82, 2.24) is 4.98 Å². The Morgan fingerprint density at radius 2 is 2.17 bits per heavy atom. The number of morpholine rings is 1. The molecule has 0 amide bonds. The van der Waals surface area contributed by atoms with E-state index in [0.29, 0.717) is 23.1 Å². The standard InChI is InChI=1S/C17H14BrFN2O2/c18-12-8-11-3-4-17(20-14(11)9-13(12)19)21-5-7-23-16(10-21)15-2-1-6-22-15/h1-4,6,8-9,16H,5,7,10H2. The maximum absolute atomic E-state index is 13.7. The fourth-order valence-corrected chi connectivity index (χ4v) is 3.15. The minimum absolute atomic E-state index is 0.113. The number of benzene rings is 1. The molecule has 3 aromatic rings. The average molecular weight is 377 g/mol. The van der Waals surface area contributed by atoms with E-state index in [1.807, 2.05) is 24.3 Å². The van der Waals surface area contributed by atoms with Crippen molar-refractivity contribution in [1.29, 1.82) is 0 Å². The zero-order valence-corrected chi connectivity index (χ0v) is 13.8. The van der Waals surface area contributed by atoms with Gasteiger partial charge < -0.3 is 14.1 Å². The second-order valence-corrected chi connectivity index (χ2v) is 6.30. The summed E-state index contributed by atoms with van der Waals surface area (Å²) in [6, 6.07) is 10.9. The van der Waals surface area contributed by atoms with Gasteiger partial charge in [-0.1, -0.05) is 0 Å². The van der Waals surface area contributed by atoms with E-state index in [9.17, 15) is 4.39 Å². The molecule has 0 spiro atoms. The smallest absolute Gasteiger partial charge is 0.139 e. The van der Waals surface area contributed by atoms with Crippen LogP contribution in [0, 0.1) is 5.82 Å². The van der Waals surface area contributed by atoms with Crippen molar-refractivity contribution < 1.29 is 13.5 Å². The van der Waals surface area contributed by atoms with Crippen LogP contribution in [0.15, 0.2) is 51.6 Å². The number of halogens is 2. The van der Waals surface area contributed by atoms with Crippen molar-refractivity contribution in [2.45, 2.75) is 6.10 Å². The Hall–Kier alpha value is -1.92. The van der Waals surface area contributed by atoms with Crippen LogP contribution in [0.4, 0.5) is 10.2 Å². The van der Waals surface area contributed by atoms with E-state index in [4.69, 9.17) is 9.15 Å². The van der Waals surface area contributed by atoms with Crippen molar-refractivity contribution in [2.75, 3.05) is 24.6 Å². The first-order valence-corrected chi connectivity index (χ1v) is 8.16. The molecule has 3 heterocycles. The van der Waals surface area contributed by atoms with Crippen molar-refractivity contribution in [3.05, 3.63) is 58.7 Å². The number of aromatic nitrogens is 1. The lowest BCUT2D eigenvalue weighted by atomic mass is 10.2. The van der Waals surface area contributed by atoms with Crippen LogP contribution >= 0.6 is 15.9 Å². The molecule has 4 nitrogen and oxygen atoms in total. The lowest BCUT2D eigenvalue weighted by molar-refractivity contribution is 0.0255. The molecule has 1 unspecified atom stereocenters. The summed E-state index contributed by atoms with van der Waals surface area (Å²) in [5, 5.41) is 0.901. The van der Waals surface area contributed by atoms with Crippen LogP contribution in [0.25, 0.3) is 10.9 Å². The molecule has 0 aliphatic carbocycles. The molecule has 0 saturated carbocycles. The summed E-state index contributed by atoms with van der Waals surface area (Å²) >= 11 is 3.20. The first-order valence-electron chi connectivity index (χ1n) is 7.36. The summed E-state index contributed by atoms with van der Waals surface area (Å²) < 4.78 is 25.4. The topological polar surface area (TPSA) is 38.5 Å². The number of pyridine rings is 1. The highest BCUT2D eigenvalue weighted by atomic mass is 79.9. The second kappa shape index (κ2) is 5.94. The Balaban J connectivity index is 1.64. The average Bonchev–Trinajstić information content (AvgIpc) is 3.10. The van der Waals surface area contributed by atoms with Crippen LogP contribution in [-0.2, 0) is 4.74 Å². The lowest BCUT2D eigenvalue weighted by Gasteiger charge is -2.32. The van der Waals surface area contributed by atoms with Gasteiger partial charge in [-0.3, -0.25) is 0 Å². The number of nitrogens with zero attached hydrogens (tertiary/aromatic N) is 2. The van der Waals surface area contributed by atoms with Crippen LogP contribution in [0.1, 0.15) is 11.9 Å². The van der Waals surface area contributed by atoms with Gasteiger partial charge in [-0.05, 0) is 46.3 Å².